The van der Waals surface area contributed by atoms with Gasteiger partial charge in [0.1, 0.15) is 5.75 Å². The lowest BCUT2D eigenvalue weighted by atomic mass is 10.2. The Morgan fingerprint density at radius 3 is 2.94 bits per heavy atom. The number of hydrogen-bond donors (Lipinski definition) is 0. The molecule has 18 heavy (non-hydrogen) atoms. The summed E-state index contributed by atoms with van der Waals surface area (Å²) in [5.41, 5.74) is 9.17. The third-order valence-corrected chi connectivity index (χ3v) is 3.43. The number of nitrogens with zero attached hydrogens (tertiary/aromatic N) is 3. The van der Waals surface area contributed by atoms with Crippen molar-refractivity contribution in [1.29, 1.82) is 0 Å². The summed E-state index contributed by atoms with van der Waals surface area (Å²) in [6, 6.07) is 11.0. The van der Waals surface area contributed by atoms with Gasteiger partial charge in [0.05, 0.1) is 12.0 Å². The quantitative estimate of drug-likeness (QED) is 0.476. The van der Waals surface area contributed by atoms with Crippen molar-refractivity contribution >= 4 is 17.2 Å². The van der Waals surface area contributed by atoms with Crippen molar-refractivity contribution in [2.24, 2.45) is 5.11 Å². The van der Waals surface area contributed by atoms with Crippen LogP contribution in [0, 0.1) is 0 Å². The molecule has 0 aliphatic heterocycles. The maximum atomic E-state index is 11.4. The van der Waals surface area contributed by atoms with Gasteiger partial charge in [0, 0.05) is 9.79 Å². The van der Waals surface area contributed by atoms with Crippen LogP contribution in [0.1, 0.15) is 9.67 Å². The second-order valence-corrected chi connectivity index (χ2v) is 4.47. The Labute approximate surface area is 107 Å². The zero-order valence-electron chi connectivity index (χ0n) is 9.53. The molecular weight excluding hydrogens is 250 g/mol. The van der Waals surface area contributed by atoms with Crippen LogP contribution in [0.15, 0.2) is 41.5 Å². The van der Waals surface area contributed by atoms with Crippen LogP contribution in [0.3, 0.4) is 0 Å². The van der Waals surface area contributed by atoms with Crippen molar-refractivity contribution in [3.63, 3.8) is 0 Å². The van der Waals surface area contributed by atoms with Crippen molar-refractivity contribution in [2.75, 3.05) is 7.11 Å². The molecule has 2 rings (SSSR count). The maximum Gasteiger partial charge on any atom is 0.259 e. The van der Waals surface area contributed by atoms with E-state index in [1.807, 2.05) is 30.3 Å². The number of ether oxygens (including phenoxy) is 1. The van der Waals surface area contributed by atoms with Crippen molar-refractivity contribution in [2.45, 2.75) is 0 Å². The molecule has 1 aromatic heterocycles. The van der Waals surface area contributed by atoms with Gasteiger partial charge in [-0.05, 0) is 40.5 Å². The van der Waals surface area contributed by atoms with Crippen molar-refractivity contribution in [3.05, 3.63) is 51.7 Å². The van der Waals surface area contributed by atoms with E-state index in [9.17, 15) is 4.79 Å². The summed E-state index contributed by atoms with van der Waals surface area (Å²) in [5, 5.41) is 3.06. The molecule has 0 bridgehead atoms. The predicted octanol–water partition coefficient (Wildman–Crippen LogP) is 3.87. The van der Waals surface area contributed by atoms with E-state index in [0.717, 1.165) is 16.2 Å². The smallest absolute Gasteiger partial charge is 0.259 e. The number of hydrogen-bond acceptors (Lipinski definition) is 3. The molecule has 0 aliphatic rings. The van der Waals surface area contributed by atoms with Crippen molar-refractivity contribution in [3.8, 4) is 16.2 Å². The SMILES string of the molecule is COc1cccc(-c2ccc(C(=O)N=[N+]=[N-])s2)c1. The van der Waals surface area contributed by atoms with E-state index in [1.54, 1.807) is 13.2 Å². The first-order valence-corrected chi connectivity index (χ1v) is 5.90. The minimum Gasteiger partial charge on any atom is -0.497 e. The molecule has 6 heteroatoms. The van der Waals surface area contributed by atoms with E-state index < -0.39 is 5.91 Å². The molecule has 0 aliphatic carbocycles. The molecule has 0 unspecified atom stereocenters. The summed E-state index contributed by atoms with van der Waals surface area (Å²) in [5.74, 6) is 0.195. The molecule has 1 aromatic carbocycles. The molecular formula is C12H9N3O2S. The van der Waals surface area contributed by atoms with Crippen LogP contribution in [-0.4, -0.2) is 13.0 Å². The first kappa shape index (κ1) is 12.2. The number of benzene rings is 1. The molecule has 0 fully saturated rings. The van der Waals surface area contributed by atoms with Gasteiger partial charge in [0.25, 0.3) is 5.91 Å². The Morgan fingerprint density at radius 1 is 1.39 bits per heavy atom. The average Bonchev–Trinajstić information content (AvgIpc) is 2.89. The maximum absolute atomic E-state index is 11.4. The number of azide groups is 1. The van der Waals surface area contributed by atoms with E-state index in [1.165, 1.54) is 11.3 Å². The summed E-state index contributed by atoms with van der Waals surface area (Å²) in [6.07, 6.45) is 0. The Balaban J connectivity index is 2.34. The number of thiophene rings is 1. The Hall–Kier alpha value is -2.30. The highest BCUT2D eigenvalue weighted by molar-refractivity contribution is 7.17. The van der Waals surface area contributed by atoms with E-state index in [-0.39, 0.29) is 0 Å². The average molecular weight is 259 g/mol. The summed E-state index contributed by atoms with van der Waals surface area (Å²) in [6.45, 7) is 0. The van der Waals surface area contributed by atoms with Crippen LogP contribution in [0.25, 0.3) is 20.9 Å². The molecule has 90 valence electrons. The Bertz CT molecular complexity index is 630. The van der Waals surface area contributed by atoms with E-state index in [4.69, 9.17) is 10.3 Å². The lowest BCUT2D eigenvalue weighted by Crippen LogP contribution is -1.86. The highest BCUT2D eigenvalue weighted by Crippen LogP contribution is 2.30. The van der Waals surface area contributed by atoms with Gasteiger partial charge >= 0.3 is 0 Å². The van der Waals surface area contributed by atoms with Gasteiger partial charge in [-0.15, -0.1) is 11.3 Å². The molecule has 5 nitrogen and oxygen atoms in total. The molecule has 0 saturated heterocycles. The first-order chi connectivity index (χ1) is 8.74. The van der Waals surface area contributed by atoms with Gasteiger partial charge in [0.2, 0.25) is 0 Å². The van der Waals surface area contributed by atoms with Crippen LogP contribution in [0.4, 0.5) is 0 Å². The second kappa shape index (κ2) is 5.35. The van der Waals surface area contributed by atoms with Crippen LogP contribution in [0.5, 0.6) is 5.75 Å². The summed E-state index contributed by atoms with van der Waals surface area (Å²) < 4.78 is 5.14. The lowest BCUT2D eigenvalue weighted by molar-refractivity contribution is 0.100. The van der Waals surface area contributed by atoms with Gasteiger partial charge in [-0.3, -0.25) is 4.79 Å². The minimum absolute atomic E-state index is 0.422. The van der Waals surface area contributed by atoms with E-state index in [2.05, 4.69) is 10.0 Å². The number of rotatable bonds is 3. The molecule has 0 atom stereocenters. The van der Waals surface area contributed by atoms with Crippen LogP contribution in [-0.2, 0) is 0 Å². The topological polar surface area (TPSA) is 75.1 Å². The third-order valence-electron chi connectivity index (χ3n) is 2.31. The molecule has 0 N–H and O–H groups in total. The van der Waals surface area contributed by atoms with Crippen molar-refractivity contribution in [1.82, 2.24) is 0 Å². The number of methoxy groups -OCH3 is 1. The number of amides is 1. The standard InChI is InChI=1S/C12H9N3O2S/c1-17-9-4-2-3-8(7-9)10-5-6-11(18-10)12(16)14-15-13/h2-7H,1H3. The van der Waals surface area contributed by atoms with Gasteiger partial charge < -0.3 is 4.74 Å². The van der Waals surface area contributed by atoms with Crippen LogP contribution >= 0.6 is 11.3 Å². The van der Waals surface area contributed by atoms with Gasteiger partial charge in [-0.1, -0.05) is 12.1 Å². The van der Waals surface area contributed by atoms with Crippen LogP contribution < -0.4 is 4.74 Å². The fourth-order valence-electron chi connectivity index (χ4n) is 1.47. The second-order valence-electron chi connectivity index (χ2n) is 3.39. The highest BCUT2D eigenvalue weighted by Gasteiger charge is 2.08. The molecule has 1 amide bonds. The molecule has 0 spiro atoms. The zero-order valence-corrected chi connectivity index (χ0v) is 10.3. The third kappa shape index (κ3) is 2.51. The molecule has 2 aromatic rings. The molecule has 0 saturated carbocycles. The number of carbonyl (C=O) groups excluding carboxylic acids is 1. The van der Waals surface area contributed by atoms with E-state index >= 15 is 0 Å². The Kier molecular flexibility index (Phi) is 3.62. The lowest BCUT2D eigenvalue weighted by Gasteiger charge is -2.01. The van der Waals surface area contributed by atoms with Gasteiger partial charge in [0.15, 0.2) is 0 Å². The predicted molar refractivity (Wildman–Crippen MR) is 69.8 cm³/mol. The summed E-state index contributed by atoms with van der Waals surface area (Å²) in [4.78, 5) is 15.2. The largest absolute Gasteiger partial charge is 0.497 e. The fraction of sp³-hybridized carbons (Fsp3) is 0.0833. The fourth-order valence-corrected chi connectivity index (χ4v) is 2.36. The summed E-state index contributed by atoms with van der Waals surface area (Å²) in [7, 11) is 1.60. The van der Waals surface area contributed by atoms with Crippen LogP contribution in [0.2, 0.25) is 0 Å². The minimum atomic E-state index is -0.559. The van der Waals surface area contributed by atoms with Gasteiger partial charge in [-0.25, -0.2) is 0 Å². The Morgan fingerprint density at radius 2 is 2.22 bits per heavy atom. The molecule has 0 radical (unpaired) electrons. The van der Waals surface area contributed by atoms with Gasteiger partial charge in [-0.2, -0.15) is 0 Å². The number of carbonyl (C=O) groups is 1. The first-order valence-electron chi connectivity index (χ1n) is 5.08. The normalized spacial score (nSPS) is 9.61. The van der Waals surface area contributed by atoms with E-state index in [0.29, 0.717) is 4.88 Å². The summed E-state index contributed by atoms with van der Waals surface area (Å²) >= 11 is 1.28. The monoisotopic (exact) mass is 259 g/mol. The zero-order chi connectivity index (χ0) is 13.0. The molecule has 1 heterocycles. The highest BCUT2D eigenvalue weighted by atomic mass is 32.1. The van der Waals surface area contributed by atoms with Crippen molar-refractivity contribution < 1.29 is 9.53 Å².